The maximum absolute atomic E-state index is 4.46. The fraction of sp³-hybridized carbons (Fsp3) is 0.471. The van der Waals surface area contributed by atoms with Crippen LogP contribution in [0.2, 0.25) is 0 Å². The number of nitrogens with zero attached hydrogens (tertiary/aromatic N) is 2. The van der Waals surface area contributed by atoms with Gasteiger partial charge in [-0.05, 0) is 31.2 Å². The molecule has 1 aromatic heterocycles. The molecule has 1 fully saturated rings. The van der Waals surface area contributed by atoms with E-state index in [9.17, 15) is 0 Å². The average Bonchev–Trinajstić information content (AvgIpc) is 3.13. The van der Waals surface area contributed by atoms with Gasteiger partial charge in [0.1, 0.15) is 0 Å². The third-order valence-electron chi connectivity index (χ3n) is 4.11. The van der Waals surface area contributed by atoms with E-state index in [0.717, 1.165) is 25.3 Å². The van der Waals surface area contributed by atoms with Crippen LogP contribution in [0, 0.1) is 0 Å². The molecule has 0 saturated heterocycles. The van der Waals surface area contributed by atoms with Crippen LogP contribution < -0.4 is 5.32 Å². The summed E-state index contributed by atoms with van der Waals surface area (Å²) in [7, 11) is 0. The Balaban J connectivity index is 1.51. The minimum absolute atomic E-state index is 0.630. The highest BCUT2D eigenvalue weighted by Gasteiger charge is 2.16. The summed E-state index contributed by atoms with van der Waals surface area (Å²) in [4.78, 5) is 4.46. The minimum atomic E-state index is 0.630. The number of hydrogen-bond acceptors (Lipinski definition) is 2. The molecule has 1 heterocycles. The van der Waals surface area contributed by atoms with Crippen LogP contribution in [0.25, 0.3) is 0 Å². The van der Waals surface area contributed by atoms with Crippen LogP contribution in [-0.4, -0.2) is 15.6 Å². The number of nitrogens with one attached hydrogen (secondary N) is 1. The van der Waals surface area contributed by atoms with Crippen molar-refractivity contribution in [3.63, 3.8) is 0 Å². The number of aromatic nitrogens is 2. The molecular weight excluding hydrogens is 246 g/mol. The van der Waals surface area contributed by atoms with Crippen molar-refractivity contribution in [1.82, 2.24) is 9.55 Å². The van der Waals surface area contributed by atoms with Gasteiger partial charge in [-0.3, -0.25) is 0 Å². The van der Waals surface area contributed by atoms with E-state index >= 15 is 0 Å². The molecule has 0 aliphatic heterocycles. The van der Waals surface area contributed by atoms with Gasteiger partial charge in [-0.25, -0.2) is 4.98 Å². The van der Waals surface area contributed by atoms with E-state index in [1.807, 2.05) is 6.20 Å². The Hall–Kier alpha value is -1.77. The Kier molecular flexibility index (Phi) is 4.36. The van der Waals surface area contributed by atoms with Crippen molar-refractivity contribution in [1.29, 1.82) is 0 Å². The number of benzene rings is 1. The van der Waals surface area contributed by atoms with Gasteiger partial charge in [-0.1, -0.05) is 43.2 Å². The molecule has 0 spiro atoms. The van der Waals surface area contributed by atoms with Crippen molar-refractivity contribution >= 4 is 5.95 Å². The first-order valence-electron chi connectivity index (χ1n) is 7.73. The predicted octanol–water partition coefficient (Wildman–Crippen LogP) is 3.87. The Labute approximate surface area is 121 Å². The van der Waals surface area contributed by atoms with Crippen LogP contribution in [-0.2, 0) is 13.0 Å². The van der Waals surface area contributed by atoms with Gasteiger partial charge in [0, 0.05) is 25.0 Å². The Morgan fingerprint density at radius 3 is 2.75 bits per heavy atom. The summed E-state index contributed by atoms with van der Waals surface area (Å²) in [5.74, 6) is 1.05. The maximum Gasteiger partial charge on any atom is 0.202 e. The number of anilines is 1. The van der Waals surface area contributed by atoms with Crippen LogP contribution in [0.4, 0.5) is 5.95 Å². The monoisotopic (exact) mass is 269 g/mol. The van der Waals surface area contributed by atoms with Crippen LogP contribution in [0.1, 0.15) is 37.7 Å². The quantitative estimate of drug-likeness (QED) is 0.862. The molecule has 0 amide bonds. The molecule has 1 aromatic carbocycles. The minimum Gasteiger partial charge on any atom is -0.353 e. The van der Waals surface area contributed by atoms with Gasteiger partial charge in [0.15, 0.2) is 0 Å². The fourth-order valence-corrected chi connectivity index (χ4v) is 2.98. The predicted molar refractivity (Wildman–Crippen MR) is 82.9 cm³/mol. The van der Waals surface area contributed by atoms with Crippen LogP contribution in [0.15, 0.2) is 42.7 Å². The van der Waals surface area contributed by atoms with Crippen LogP contribution in [0.3, 0.4) is 0 Å². The molecule has 3 heteroatoms. The molecule has 3 rings (SSSR count). The topological polar surface area (TPSA) is 29.9 Å². The summed E-state index contributed by atoms with van der Waals surface area (Å²) >= 11 is 0. The van der Waals surface area contributed by atoms with Gasteiger partial charge in [-0.2, -0.15) is 0 Å². The lowest BCUT2D eigenvalue weighted by Crippen LogP contribution is -2.18. The van der Waals surface area contributed by atoms with Gasteiger partial charge in [-0.15, -0.1) is 0 Å². The summed E-state index contributed by atoms with van der Waals surface area (Å²) in [6, 6.07) is 11.3. The number of hydrogen-bond donors (Lipinski definition) is 1. The molecule has 1 aliphatic rings. The summed E-state index contributed by atoms with van der Waals surface area (Å²) < 4.78 is 2.25. The third-order valence-corrected chi connectivity index (χ3v) is 4.11. The van der Waals surface area contributed by atoms with E-state index in [1.165, 1.54) is 31.2 Å². The molecule has 2 aromatic rings. The van der Waals surface area contributed by atoms with Crippen LogP contribution >= 0.6 is 0 Å². The highest BCUT2D eigenvalue weighted by Crippen LogP contribution is 2.21. The highest BCUT2D eigenvalue weighted by molar-refractivity contribution is 5.28. The summed E-state index contributed by atoms with van der Waals surface area (Å²) in [6.45, 7) is 1.03. The van der Waals surface area contributed by atoms with Crippen molar-refractivity contribution < 1.29 is 0 Å². The van der Waals surface area contributed by atoms with Crippen molar-refractivity contribution in [2.24, 2.45) is 0 Å². The largest absolute Gasteiger partial charge is 0.353 e. The number of rotatable bonds is 6. The molecule has 0 unspecified atom stereocenters. The molecule has 0 bridgehead atoms. The van der Waals surface area contributed by atoms with E-state index in [0.29, 0.717) is 6.04 Å². The highest BCUT2D eigenvalue weighted by atomic mass is 15.2. The van der Waals surface area contributed by atoms with Gasteiger partial charge in [0.2, 0.25) is 5.95 Å². The summed E-state index contributed by atoms with van der Waals surface area (Å²) in [5.41, 5.74) is 1.41. The maximum atomic E-state index is 4.46. The first-order chi connectivity index (χ1) is 9.92. The van der Waals surface area contributed by atoms with Crippen molar-refractivity contribution in [3.8, 4) is 0 Å². The van der Waals surface area contributed by atoms with Gasteiger partial charge >= 0.3 is 0 Å². The normalized spacial score (nSPS) is 15.6. The second-order valence-electron chi connectivity index (χ2n) is 5.66. The molecule has 0 radical (unpaired) electrons. The van der Waals surface area contributed by atoms with Crippen molar-refractivity contribution in [2.45, 2.75) is 51.1 Å². The molecule has 106 valence electrons. The lowest BCUT2D eigenvalue weighted by atomic mass is 10.1. The molecule has 20 heavy (non-hydrogen) atoms. The first kappa shape index (κ1) is 13.2. The Morgan fingerprint density at radius 2 is 1.95 bits per heavy atom. The van der Waals surface area contributed by atoms with Crippen LogP contribution in [0.5, 0.6) is 0 Å². The summed E-state index contributed by atoms with van der Waals surface area (Å²) in [5, 5.41) is 3.59. The SMILES string of the molecule is c1ccc(CCCn2ccnc2NC2CCCC2)cc1. The third kappa shape index (κ3) is 3.41. The average molecular weight is 269 g/mol. The van der Waals surface area contributed by atoms with E-state index in [4.69, 9.17) is 0 Å². The van der Waals surface area contributed by atoms with E-state index in [1.54, 1.807) is 0 Å². The first-order valence-corrected chi connectivity index (χ1v) is 7.73. The van der Waals surface area contributed by atoms with Gasteiger partial charge < -0.3 is 9.88 Å². The number of aryl methyl sites for hydroxylation is 2. The molecule has 1 N–H and O–H groups in total. The standard InChI is InChI=1S/C17H23N3/c1-2-7-15(8-3-1)9-6-13-20-14-12-18-17(20)19-16-10-4-5-11-16/h1-3,7-8,12,14,16H,4-6,9-11,13H2,(H,18,19). The van der Waals surface area contributed by atoms with Crippen molar-refractivity contribution in [2.75, 3.05) is 5.32 Å². The molecule has 0 atom stereocenters. The van der Waals surface area contributed by atoms with E-state index in [2.05, 4.69) is 51.4 Å². The fourth-order valence-electron chi connectivity index (χ4n) is 2.98. The molecular formula is C17H23N3. The van der Waals surface area contributed by atoms with Crippen molar-refractivity contribution in [3.05, 3.63) is 48.3 Å². The Morgan fingerprint density at radius 1 is 1.15 bits per heavy atom. The zero-order valence-electron chi connectivity index (χ0n) is 12.0. The lowest BCUT2D eigenvalue weighted by molar-refractivity contribution is 0.634. The van der Waals surface area contributed by atoms with E-state index < -0.39 is 0 Å². The molecule has 1 saturated carbocycles. The van der Waals surface area contributed by atoms with Gasteiger partial charge in [0.05, 0.1) is 0 Å². The van der Waals surface area contributed by atoms with E-state index in [-0.39, 0.29) is 0 Å². The second-order valence-corrected chi connectivity index (χ2v) is 5.66. The second kappa shape index (κ2) is 6.60. The molecule has 1 aliphatic carbocycles. The Bertz CT molecular complexity index is 512. The number of imidazole rings is 1. The van der Waals surface area contributed by atoms with Gasteiger partial charge in [0.25, 0.3) is 0 Å². The molecule has 3 nitrogen and oxygen atoms in total. The lowest BCUT2D eigenvalue weighted by Gasteiger charge is -2.14. The zero-order valence-corrected chi connectivity index (χ0v) is 12.0. The zero-order chi connectivity index (χ0) is 13.6. The smallest absolute Gasteiger partial charge is 0.202 e. The summed E-state index contributed by atoms with van der Waals surface area (Å²) in [6.07, 6.45) is 11.6.